The average Bonchev–Trinajstić information content (AvgIpc) is 2.84. The molecule has 0 bridgehead atoms. The molecule has 0 spiro atoms. The van der Waals surface area contributed by atoms with Crippen LogP contribution in [0, 0.1) is 0 Å². The summed E-state index contributed by atoms with van der Waals surface area (Å²) in [6, 6.07) is 21.2. The minimum Gasteiger partial charge on any atom is -0.369 e. The first-order chi connectivity index (χ1) is 16.4. The van der Waals surface area contributed by atoms with E-state index in [1.165, 1.54) is 11.9 Å². The summed E-state index contributed by atoms with van der Waals surface area (Å²) >= 11 is 0. The fourth-order valence-corrected chi connectivity index (χ4v) is 4.84. The molecule has 1 aliphatic rings. The topological polar surface area (TPSA) is 78.4 Å². The number of sulfone groups is 1. The van der Waals surface area contributed by atoms with Gasteiger partial charge in [0.15, 0.2) is 9.84 Å². The number of rotatable bonds is 5. The Bertz CT molecular complexity index is 1430. The van der Waals surface area contributed by atoms with Crippen LogP contribution in [0.4, 0.5) is 17.3 Å². The molecule has 1 aliphatic heterocycles. The van der Waals surface area contributed by atoms with Crippen molar-refractivity contribution in [2.24, 2.45) is 0 Å². The zero-order valence-electron chi connectivity index (χ0n) is 19.3. The van der Waals surface area contributed by atoms with Crippen LogP contribution in [0.3, 0.4) is 0 Å². The van der Waals surface area contributed by atoms with Gasteiger partial charge in [-0.15, -0.1) is 0 Å². The van der Waals surface area contributed by atoms with Crippen LogP contribution < -0.4 is 10.2 Å². The molecular formula is C26H27N5O2S. The molecule has 4 aromatic rings. The van der Waals surface area contributed by atoms with Crippen molar-refractivity contribution < 1.29 is 8.42 Å². The van der Waals surface area contributed by atoms with Gasteiger partial charge in [0.05, 0.1) is 10.4 Å². The number of nitrogens with zero attached hydrogens (tertiary/aromatic N) is 4. The Morgan fingerprint density at radius 3 is 2.38 bits per heavy atom. The normalized spacial score (nSPS) is 14.9. The highest BCUT2D eigenvalue weighted by Crippen LogP contribution is 2.29. The van der Waals surface area contributed by atoms with Gasteiger partial charge >= 0.3 is 0 Å². The van der Waals surface area contributed by atoms with Crippen LogP contribution in [0.2, 0.25) is 0 Å². The number of likely N-dealkylation sites (N-methyl/N-ethyl adjacent to an activating group) is 1. The van der Waals surface area contributed by atoms with Crippen molar-refractivity contribution in [1.29, 1.82) is 0 Å². The maximum atomic E-state index is 11.8. The van der Waals surface area contributed by atoms with Crippen molar-refractivity contribution in [3.63, 3.8) is 0 Å². The van der Waals surface area contributed by atoms with E-state index in [1.807, 2.05) is 48.7 Å². The molecule has 3 aromatic carbocycles. The zero-order valence-corrected chi connectivity index (χ0v) is 20.1. The summed E-state index contributed by atoms with van der Waals surface area (Å²) in [5.74, 6) is 0.517. The van der Waals surface area contributed by atoms with E-state index in [0.717, 1.165) is 53.9 Å². The maximum Gasteiger partial charge on any atom is 0.227 e. The third kappa shape index (κ3) is 4.73. The number of benzene rings is 3. The van der Waals surface area contributed by atoms with Gasteiger partial charge in [0.25, 0.3) is 0 Å². The number of hydrogen-bond acceptors (Lipinski definition) is 7. The first kappa shape index (κ1) is 22.3. The quantitative estimate of drug-likeness (QED) is 0.465. The molecule has 0 atom stereocenters. The molecule has 1 fully saturated rings. The third-order valence-corrected chi connectivity index (χ3v) is 7.30. The second kappa shape index (κ2) is 9.04. The molecule has 1 saturated heterocycles. The van der Waals surface area contributed by atoms with E-state index in [4.69, 9.17) is 4.98 Å². The first-order valence-corrected chi connectivity index (χ1v) is 13.1. The molecule has 7 nitrogen and oxygen atoms in total. The highest BCUT2D eigenvalue weighted by molar-refractivity contribution is 7.90. The molecular weight excluding hydrogens is 446 g/mol. The van der Waals surface area contributed by atoms with Gasteiger partial charge in [0.2, 0.25) is 5.95 Å². The molecule has 5 rings (SSSR count). The Balaban J connectivity index is 1.44. The Morgan fingerprint density at radius 2 is 1.65 bits per heavy atom. The highest BCUT2D eigenvalue weighted by atomic mass is 32.2. The fraction of sp³-hybridized carbons (Fsp3) is 0.231. The molecule has 174 valence electrons. The van der Waals surface area contributed by atoms with Crippen LogP contribution in [0.25, 0.3) is 22.0 Å². The van der Waals surface area contributed by atoms with Gasteiger partial charge < -0.3 is 15.1 Å². The molecule has 34 heavy (non-hydrogen) atoms. The van der Waals surface area contributed by atoms with E-state index < -0.39 is 9.84 Å². The summed E-state index contributed by atoms with van der Waals surface area (Å²) < 4.78 is 23.6. The van der Waals surface area contributed by atoms with Crippen molar-refractivity contribution >= 4 is 38.1 Å². The Labute approximate surface area is 200 Å². The fourth-order valence-electron chi connectivity index (χ4n) is 4.20. The number of nitrogens with one attached hydrogen (secondary N) is 1. The van der Waals surface area contributed by atoms with Gasteiger partial charge in [-0.3, -0.25) is 0 Å². The summed E-state index contributed by atoms with van der Waals surface area (Å²) in [6.07, 6.45) is 3.02. The van der Waals surface area contributed by atoms with Crippen LogP contribution in [-0.2, 0) is 9.84 Å². The SMILES string of the molecule is CN1CCN(c2cccc(Nc3ncc4cccc(-c5ccc(S(C)(=O)=O)cc5)c4n3)c2)CC1. The van der Waals surface area contributed by atoms with Crippen LogP contribution >= 0.6 is 0 Å². The Hall–Kier alpha value is -3.49. The van der Waals surface area contributed by atoms with E-state index in [2.05, 4.69) is 39.3 Å². The lowest BCUT2D eigenvalue weighted by Crippen LogP contribution is -2.44. The molecule has 0 amide bonds. The number of para-hydroxylation sites is 1. The number of piperazine rings is 1. The standard InChI is InChI=1S/C26H27N5O2S/c1-30-13-15-31(16-14-30)22-7-4-6-21(17-22)28-26-27-18-20-5-3-8-24(25(20)29-26)19-9-11-23(12-10-19)34(2,32)33/h3-12,17-18H,13-16H2,1-2H3,(H,27,28,29). The minimum atomic E-state index is -3.24. The van der Waals surface area contributed by atoms with E-state index in [9.17, 15) is 8.42 Å². The summed E-state index contributed by atoms with van der Waals surface area (Å²) in [5.41, 5.74) is 4.76. The lowest BCUT2D eigenvalue weighted by Gasteiger charge is -2.34. The van der Waals surface area contributed by atoms with Crippen molar-refractivity contribution in [3.8, 4) is 11.1 Å². The Morgan fingerprint density at radius 1 is 0.912 bits per heavy atom. The van der Waals surface area contributed by atoms with Crippen molar-refractivity contribution in [3.05, 3.63) is 72.9 Å². The molecule has 8 heteroatoms. The lowest BCUT2D eigenvalue weighted by atomic mass is 10.0. The molecule has 1 N–H and O–H groups in total. The molecule has 0 radical (unpaired) electrons. The lowest BCUT2D eigenvalue weighted by molar-refractivity contribution is 0.313. The van der Waals surface area contributed by atoms with Crippen molar-refractivity contribution in [1.82, 2.24) is 14.9 Å². The molecule has 1 aromatic heterocycles. The molecule has 2 heterocycles. The molecule has 0 saturated carbocycles. The highest BCUT2D eigenvalue weighted by Gasteiger charge is 2.15. The number of aromatic nitrogens is 2. The summed E-state index contributed by atoms with van der Waals surface area (Å²) in [6.45, 7) is 4.13. The second-order valence-electron chi connectivity index (χ2n) is 8.70. The van der Waals surface area contributed by atoms with Gasteiger partial charge in [0.1, 0.15) is 0 Å². The largest absolute Gasteiger partial charge is 0.369 e. The monoisotopic (exact) mass is 473 g/mol. The smallest absolute Gasteiger partial charge is 0.227 e. The molecule has 0 aliphatic carbocycles. The summed E-state index contributed by atoms with van der Waals surface area (Å²) in [4.78, 5) is 14.4. The van der Waals surface area contributed by atoms with Gasteiger partial charge in [-0.2, -0.15) is 0 Å². The van der Waals surface area contributed by atoms with Gasteiger partial charge in [-0.1, -0.05) is 36.4 Å². The number of hydrogen-bond donors (Lipinski definition) is 1. The van der Waals surface area contributed by atoms with Gasteiger partial charge in [-0.05, 0) is 42.9 Å². The third-order valence-electron chi connectivity index (χ3n) is 6.18. The zero-order chi connectivity index (χ0) is 23.7. The number of fused-ring (bicyclic) bond motifs is 1. The minimum absolute atomic E-state index is 0.300. The van der Waals surface area contributed by atoms with Gasteiger partial charge in [0, 0.05) is 61.0 Å². The summed E-state index contributed by atoms with van der Waals surface area (Å²) in [5, 5.41) is 4.27. The van der Waals surface area contributed by atoms with Crippen LogP contribution in [0.1, 0.15) is 0 Å². The average molecular weight is 474 g/mol. The van der Waals surface area contributed by atoms with Crippen LogP contribution in [-0.4, -0.2) is 62.8 Å². The van der Waals surface area contributed by atoms with E-state index in [1.54, 1.807) is 12.1 Å². The van der Waals surface area contributed by atoms with Crippen molar-refractivity contribution in [2.75, 3.05) is 49.7 Å². The first-order valence-electron chi connectivity index (χ1n) is 11.2. The van der Waals surface area contributed by atoms with Crippen LogP contribution in [0.15, 0.2) is 77.8 Å². The van der Waals surface area contributed by atoms with E-state index in [-0.39, 0.29) is 0 Å². The van der Waals surface area contributed by atoms with E-state index >= 15 is 0 Å². The van der Waals surface area contributed by atoms with Gasteiger partial charge in [-0.25, -0.2) is 18.4 Å². The van der Waals surface area contributed by atoms with E-state index in [0.29, 0.717) is 10.8 Å². The van der Waals surface area contributed by atoms with Crippen molar-refractivity contribution in [2.45, 2.75) is 4.90 Å². The predicted octanol–water partition coefficient (Wildman–Crippen LogP) is 4.20. The second-order valence-corrected chi connectivity index (χ2v) is 10.7. The predicted molar refractivity (Wildman–Crippen MR) is 138 cm³/mol. The number of anilines is 3. The maximum absolute atomic E-state index is 11.8. The molecule has 0 unspecified atom stereocenters. The Kier molecular flexibility index (Phi) is 5.93. The summed E-state index contributed by atoms with van der Waals surface area (Å²) in [7, 11) is -1.09. The van der Waals surface area contributed by atoms with Crippen LogP contribution in [0.5, 0.6) is 0 Å².